The van der Waals surface area contributed by atoms with Gasteiger partial charge in [0.1, 0.15) is 12.4 Å². The summed E-state index contributed by atoms with van der Waals surface area (Å²) in [7, 11) is 0. The molecule has 2 atom stereocenters. The molecule has 2 aromatic carbocycles. The number of carbonyl (C=O) groups is 1. The van der Waals surface area contributed by atoms with Gasteiger partial charge in [0.15, 0.2) is 5.43 Å². The number of rotatable bonds is 5. The van der Waals surface area contributed by atoms with Crippen LogP contribution in [0, 0.1) is 5.82 Å². The van der Waals surface area contributed by atoms with Crippen molar-refractivity contribution in [3.63, 3.8) is 0 Å². The van der Waals surface area contributed by atoms with Crippen LogP contribution in [-0.4, -0.2) is 35.8 Å². The van der Waals surface area contributed by atoms with E-state index in [0.717, 1.165) is 0 Å². The molecule has 1 aromatic heterocycles. The molecule has 7 heteroatoms. The summed E-state index contributed by atoms with van der Waals surface area (Å²) in [5, 5.41) is 3.40. The van der Waals surface area contributed by atoms with Crippen LogP contribution in [0.3, 0.4) is 0 Å². The zero-order valence-corrected chi connectivity index (χ0v) is 17.7. The molecule has 1 fully saturated rings. The average Bonchev–Trinajstić information content (AvgIpc) is 2.74. The van der Waals surface area contributed by atoms with Crippen LogP contribution in [0.1, 0.15) is 19.4 Å². The van der Waals surface area contributed by atoms with Gasteiger partial charge in [0.25, 0.3) is 0 Å². The van der Waals surface area contributed by atoms with Gasteiger partial charge in [-0.3, -0.25) is 9.59 Å². The molecular weight excluding hydrogens is 397 g/mol. The molecule has 0 spiro atoms. The lowest BCUT2D eigenvalue weighted by Crippen LogP contribution is -2.45. The Hall–Kier alpha value is -3.19. The van der Waals surface area contributed by atoms with Gasteiger partial charge in [0.2, 0.25) is 5.91 Å². The Morgan fingerprint density at radius 1 is 1.13 bits per heavy atom. The molecule has 0 radical (unpaired) electrons. The highest BCUT2D eigenvalue weighted by atomic mass is 19.1. The van der Waals surface area contributed by atoms with Gasteiger partial charge >= 0.3 is 0 Å². The van der Waals surface area contributed by atoms with Crippen LogP contribution in [0.5, 0.6) is 0 Å². The lowest BCUT2D eigenvalue weighted by molar-refractivity contribution is -0.121. The highest BCUT2D eigenvalue weighted by Gasteiger charge is 2.24. The number of nitrogens with one attached hydrogen (secondary N) is 1. The second kappa shape index (κ2) is 8.89. The van der Waals surface area contributed by atoms with Crippen molar-refractivity contribution < 1.29 is 13.9 Å². The van der Waals surface area contributed by atoms with E-state index >= 15 is 0 Å². The minimum absolute atomic E-state index is 0.0476. The number of ether oxygens (including phenoxy) is 1. The summed E-state index contributed by atoms with van der Waals surface area (Å²) in [6.07, 6.45) is 1.71. The fourth-order valence-electron chi connectivity index (χ4n) is 4.10. The number of pyridine rings is 1. The van der Waals surface area contributed by atoms with Gasteiger partial charge in [-0.15, -0.1) is 0 Å². The molecule has 1 N–H and O–H groups in total. The van der Waals surface area contributed by atoms with Crippen LogP contribution in [0.2, 0.25) is 0 Å². The fourth-order valence-corrected chi connectivity index (χ4v) is 4.10. The Bertz CT molecular complexity index is 1150. The molecule has 1 aliphatic rings. The summed E-state index contributed by atoms with van der Waals surface area (Å²) in [5.41, 5.74) is 1.87. The molecule has 0 saturated carbocycles. The zero-order chi connectivity index (χ0) is 22.0. The van der Waals surface area contributed by atoms with Crippen molar-refractivity contribution >= 4 is 22.5 Å². The number of aromatic nitrogens is 1. The molecule has 162 valence electrons. The van der Waals surface area contributed by atoms with E-state index < -0.39 is 0 Å². The van der Waals surface area contributed by atoms with Crippen LogP contribution >= 0.6 is 0 Å². The van der Waals surface area contributed by atoms with E-state index in [1.54, 1.807) is 29.0 Å². The number of halogens is 1. The van der Waals surface area contributed by atoms with Crippen LogP contribution in [0.4, 0.5) is 10.1 Å². The molecule has 1 amide bonds. The van der Waals surface area contributed by atoms with Crippen molar-refractivity contribution in [1.29, 1.82) is 0 Å². The van der Waals surface area contributed by atoms with E-state index in [-0.39, 0.29) is 42.5 Å². The average molecular weight is 423 g/mol. The second-order valence-corrected chi connectivity index (χ2v) is 8.05. The van der Waals surface area contributed by atoms with Crippen molar-refractivity contribution in [1.82, 2.24) is 9.88 Å². The number of para-hydroxylation sites is 1. The summed E-state index contributed by atoms with van der Waals surface area (Å²) in [6, 6.07) is 13.7. The number of hydrogen-bond acceptors (Lipinski definition) is 4. The standard InChI is InChI=1S/C24H26FN3O3/c1-16-13-28(14-17(2)31-16)22-8-7-18(11-20(22)25)12-26-24(30)15-27-10-9-23(29)19-5-3-4-6-21(19)27/h3-11,16-17H,12-15H2,1-2H3,(H,26,30)/t16-,17+. The Morgan fingerprint density at radius 3 is 2.61 bits per heavy atom. The number of morpholine rings is 1. The van der Waals surface area contributed by atoms with Crippen LogP contribution in [-0.2, 0) is 22.6 Å². The van der Waals surface area contributed by atoms with E-state index in [1.807, 2.05) is 36.9 Å². The lowest BCUT2D eigenvalue weighted by Gasteiger charge is -2.37. The predicted octanol–water partition coefficient (Wildman–Crippen LogP) is 3.07. The SMILES string of the molecule is C[C@@H]1CN(c2ccc(CNC(=O)Cn3ccc(=O)c4ccccc43)cc2F)C[C@H](C)O1. The Balaban J connectivity index is 1.41. The van der Waals surface area contributed by atoms with Crippen molar-refractivity contribution in [2.75, 3.05) is 18.0 Å². The van der Waals surface area contributed by atoms with Gasteiger partial charge in [-0.25, -0.2) is 4.39 Å². The third kappa shape index (κ3) is 4.77. The summed E-state index contributed by atoms with van der Waals surface area (Å²) in [4.78, 5) is 26.4. The van der Waals surface area contributed by atoms with Crippen LogP contribution in [0.15, 0.2) is 59.5 Å². The first-order valence-electron chi connectivity index (χ1n) is 10.4. The van der Waals surface area contributed by atoms with Crippen molar-refractivity contribution in [3.05, 3.63) is 76.3 Å². The Morgan fingerprint density at radius 2 is 1.87 bits per heavy atom. The summed E-state index contributed by atoms with van der Waals surface area (Å²) in [6.45, 7) is 5.55. The zero-order valence-electron chi connectivity index (χ0n) is 17.7. The topological polar surface area (TPSA) is 63.6 Å². The van der Waals surface area contributed by atoms with Gasteiger partial charge in [-0.05, 0) is 43.7 Å². The molecule has 31 heavy (non-hydrogen) atoms. The van der Waals surface area contributed by atoms with E-state index in [4.69, 9.17) is 4.74 Å². The highest BCUT2D eigenvalue weighted by molar-refractivity contribution is 5.82. The molecule has 1 saturated heterocycles. The molecule has 0 aliphatic carbocycles. The Labute approximate surface area is 180 Å². The monoisotopic (exact) mass is 423 g/mol. The number of benzene rings is 2. The molecule has 0 unspecified atom stereocenters. The van der Waals surface area contributed by atoms with Gasteiger partial charge in [0.05, 0.1) is 23.4 Å². The lowest BCUT2D eigenvalue weighted by atomic mass is 10.1. The maximum Gasteiger partial charge on any atom is 0.240 e. The quantitative estimate of drug-likeness (QED) is 0.685. The molecule has 1 aliphatic heterocycles. The van der Waals surface area contributed by atoms with Gasteiger partial charge in [0, 0.05) is 37.3 Å². The van der Waals surface area contributed by atoms with E-state index in [1.165, 1.54) is 12.1 Å². The number of anilines is 1. The first-order valence-corrected chi connectivity index (χ1v) is 10.4. The van der Waals surface area contributed by atoms with E-state index in [2.05, 4.69) is 5.32 Å². The normalized spacial score (nSPS) is 18.9. The Kier molecular flexibility index (Phi) is 6.04. The number of amides is 1. The number of hydrogen-bond donors (Lipinski definition) is 1. The van der Waals surface area contributed by atoms with Crippen molar-refractivity contribution in [3.8, 4) is 0 Å². The fraction of sp³-hybridized carbons (Fsp3) is 0.333. The van der Waals surface area contributed by atoms with Gasteiger partial charge in [-0.2, -0.15) is 0 Å². The molecular formula is C24H26FN3O3. The first kappa shape index (κ1) is 21.1. The third-order valence-corrected chi connectivity index (χ3v) is 5.46. The third-order valence-electron chi connectivity index (χ3n) is 5.46. The second-order valence-electron chi connectivity index (χ2n) is 8.05. The highest BCUT2D eigenvalue weighted by Crippen LogP contribution is 2.24. The van der Waals surface area contributed by atoms with Gasteiger partial charge in [-0.1, -0.05) is 18.2 Å². The van der Waals surface area contributed by atoms with Crippen molar-refractivity contribution in [2.24, 2.45) is 0 Å². The number of nitrogens with zero attached hydrogens (tertiary/aromatic N) is 2. The van der Waals surface area contributed by atoms with Gasteiger partial charge < -0.3 is 19.5 Å². The maximum atomic E-state index is 14.7. The molecule has 4 rings (SSSR count). The minimum atomic E-state index is -0.306. The van der Waals surface area contributed by atoms with E-state index in [0.29, 0.717) is 35.2 Å². The molecule has 6 nitrogen and oxygen atoms in total. The summed E-state index contributed by atoms with van der Waals surface area (Å²) in [5.74, 6) is -0.520. The predicted molar refractivity (Wildman–Crippen MR) is 119 cm³/mol. The molecule has 0 bridgehead atoms. The summed E-state index contributed by atoms with van der Waals surface area (Å²) < 4.78 is 22.2. The van der Waals surface area contributed by atoms with Crippen molar-refractivity contribution in [2.45, 2.75) is 39.1 Å². The van der Waals surface area contributed by atoms with E-state index in [9.17, 15) is 14.0 Å². The first-order chi connectivity index (χ1) is 14.9. The number of carbonyl (C=O) groups excluding carboxylic acids is 1. The molecule has 2 heterocycles. The molecule has 3 aromatic rings. The largest absolute Gasteiger partial charge is 0.372 e. The van der Waals surface area contributed by atoms with Crippen LogP contribution in [0.25, 0.3) is 10.9 Å². The maximum absolute atomic E-state index is 14.7. The minimum Gasteiger partial charge on any atom is -0.372 e. The smallest absolute Gasteiger partial charge is 0.240 e. The van der Waals surface area contributed by atoms with Crippen LogP contribution < -0.4 is 15.6 Å². The summed E-state index contributed by atoms with van der Waals surface area (Å²) >= 11 is 0. The number of fused-ring (bicyclic) bond motifs is 1.